The van der Waals surface area contributed by atoms with Gasteiger partial charge in [0, 0.05) is 25.4 Å². The SMILES string of the molecule is COC(=O)/C=C/CC[C@H](NC(=O)c1cncn1C)C(=O)Nc1cccn(CC(=O)N[C@@H]2C[C@@H]3CC[C@H]2C3)c1=O. The third kappa shape index (κ3) is 7.01. The minimum atomic E-state index is -1.02. The Bertz CT molecular complexity index is 1310. The molecule has 0 saturated heterocycles. The minimum Gasteiger partial charge on any atom is -0.466 e. The molecule has 2 aliphatic rings. The topological polar surface area (TPSA) is 153 Å². The number of carbonyl (C=O) groups excluding carboxylic acids is 4. The molecular formula is C27H34N6O6. The van der Waals surface area contributed by atoms with Crippen molar-refractivity contribution in [3.8, 4) is 0 Å². The third-order valence-corrected chi connectivity index (χ3v) is 7.42. The van der Waals surface area contributed by atoms with Crippen LogP contribution in [0.25, 0.3) is 0 Å². The van der Waals surface area contributed by atoms with E-state index in [1.807, 2.05) is 0 Å². The van der Waals surface area contributed by atoms with Gasteiger partial charge in [-0.2, -0.15) is 0 Å². The molecule has 39 heavy (non-hydrogen) atoms. The van der Waals surface area contributed by atoms with Gasteiger partial charge in [-0.3, -0.25) is 19.2 Å². The highest BCUT2D eigenvalue weighted by atomic mass is 16.5. The predicted octanol–water partition coefficient (Wildman–Crippen LogP) is 1.13. The Morgan fingerprint density at radius 1 is 1.23 bits per heavy atom. The van der Waals surface area contributed by atoms with Crippen LogP contribution in [0.1, 0.15) is 49.0 Å². The van der Waals surface area contributed by atoms with Crippen molar-refractivity contribution in [2.75, 3.05) is 12.4 Å². The van der Waals surface area contributed by atoms with Gasteiger partial charge in [0.05, 0.1) is 19.6 Å². The molecule has 2 aromatic heterocycles. The molecule has 3 amide bonds. The molecule has 2 aliphatic carbocycles. The van der Waals surface area contributed by atoms with Crippen LogP contribution in [-0.4, -0.2) is 57.0 Å². The van der Waals surface area contributed by atoms with Crippen LogP contribution in [0.3, 0.4) is 0 Å². The first kappa shape index (κ1) is 27.8. The molecule has 4 atom stereocenters. The first-order valence-corrected chi connectivity index (χ1v) is 13.1. The van der Waals surface area contributed by atoms with Crippen molar-refractivity contribution in [2.45, 2.75) is 57.2 Å². The number of methoxy groups -OCH3 is 1. The zero-order valence-electron chi connectivity index (χ0n) is 22.1. The molecule has 2 fully saturated rings. The van der Waals surface area contributed by atoms with E-state index in [9.17, 15) is 24.0 Å². The number of amides is 3. The van der Waals surface area contributed by atoms with Gasteiger partial charge >= 0.3 is 5.97 Å². The van der Waals surface area contributed by atoms with E-state index in [1.54, 1.807) is 13.1 Å². The fourth-order valence-corrected chi connectivity index (χ4v) is 5.39. The number of carbonyl (C=O) groups is 4. The van der Waals surface area contributed by atoms with Crippen molar-refractivity contribution in [3.63, 3.8) is 0 Å². The first-order valence-electron chi connectivity index (χ1n) is 13.1. The molecular weight excluding hydrogens is 504 g/mol. The Labute approximate surface area is 225 Å². The molecule has 4 rings (SSSR count). The molecule has 2 aromatic rings. The van der Waals surface area contributed by atoms with E-state index in [4.69, 9.17) is 0 Å². The van der Waals surface area contributed by atoms with Crippen LogP contribution in [0, 0.1) is 11.8 Å². The Balaban J connectivity index is 1.41. The number of nitrogens with zero attached hydrogens (tertiary/aromatic N) is 3. The van der Waals surface area contributed by atoms with E-state index < -0.39 is 29.4 Å². The Morgan fingerprint density at radius 3 is 2.72 bits per heavy atom. The summed E-state index contributed by atoms with van der Waals surface area (Å²) in [5.74, 6) is -0.708. The third-order valence-electron chi connectivity index (χ3n) is 7.42. The van der Waals surface area contributed by atoms with Crippen molar-refractivity contribution >= 4 is 29.4 Å². The summed E-state index contributed by atoms with van der Waals surface area (Å²) in [6.45, 7) is -0.157. The Hall–Kier alpha value is -4.22. The van der Waals surface area contributed by atoms with Crippen LogP contribution < -0.4 is 21.5 Å². The summed E-state index contributed by atoms with van der Waals surface area (Å²) < 4.78 is 7.33. The molecule has 208 valence electrons. The van der Waals surface area contributed by atoms with Crippen molar-refractivity contribution in [3.05, 3.63) is 59.1 Å². The van der Waals surface area contributed by atoms with Crippen molar-refractivity contribution in [2.24, 2.45) is 18.9 Å². The number of hydrogen-bond acceptors (Lipinski definition) is 7. The quantitative estimate of drug-likeness (QED) is 0.286. The number of nitrogens with one attached hydrogen (secondary N) is 3. The van der Waals surface area contributed by atoms with Crippen LogP contribution >= 0.6 is 0 Å². The lowest BCUT2D eigenvalue weighted by atomic mass is 9.95. The first-order chi connectivity index (χ1) is 18.7. The lowest BCUT2D eigenvalue weighted by molar-refractivity contribution is -0.134. The molecule has 0 unspecified atom stereocenters. The van der Waals surface area contributed by atoms with Crippen LogP contribution in [0.2, 0.25) is 0 Å². The molecule has 2 heterocycles. The van der Waals surface area contributed by atoms with Crippen molar-refractivity contribution in [1.29, 1.82) is 0 Å². The van der Waals surface area contributed by atoms with Crippen LogP contribution in [0.4, 0.5) is 5.69 Å². The van der Waals surface area contributed by atoms with Gasteiger partial charge in [-0.15, -0.1) is 0 Å². The van der Waals surface area contributed by atoms with Gasteiger partial charge in [0.15, 0.2) is 0 Å². The average Bonchev–Trinajstić information content (AvgIpc) is 3.65. The number of allylic oxidation sites excluding steroid dienone is 1. The largest absolute Gasteiger partial charge is 0.466 e. The van der Waals surface area contributed by atoms with E-state index in [0.717, 1.165) is 19.3 Å². The fraction of sp³-hybridized carbons (Fsp3) is 0.481. The van der Waals surface area contributed by atoms with Crippen LogP contribution in [-0.2, 0) is 32.7 Å². The average molecular weight is 539 g/mol. The summed E-state index contributed by atoms with van der Waals surface area (Å²) in [4.78, 5) is 66.9. The second kappa shape index (κ2) is 12.5. The number of pyridine rings is 1. The Morgan fingerprint density at radius 2 is 2.05 bits per heavy atom. The smallest absolute Gasteiger partial charge is 0.330 e. The van der Waals surface area contributed by atoms with Crippen LogP contribution in [0.5, 0.6) is 0 Å². The van der Waals surface area contributed by atoms with Gasteiger partial charge in [0.25, 0.3) is 11.5 Å². The number of hydrogen-bond donors (Lipinski definition) is 3. The molecule has 3 N–H and O–H groups in total. The summed E-state index contributed by atoms with van der Waals surface area (Å²) in [6.07, 6.45) is 12.0. The predicted molar refractivity (Wildman–Crippen MR) is 142 cm³/mol. The number of aromatic nitrogens is 3. The van der Waals surface area contributed by atoms with Gasteiger partial charge in [-0.25, -0.2) is 9.78 Å². The van der Waals surface area contributed by atoms with Gasteiger partial charge in [-0.1, -0.05) is 12.5 Å². The fourth-order valence-electron chi connectivity index (χ4n) is 5.39. The highest BCUT2D eigenvalue weighted by Gasteiger charge is 2.40. The van der Waals surface area contributed by atoms with Crippen molar-refractivity contribution < 1.29 is 23.9 Å². The number of anilines is 1. The zero-order valence-corrected chi connectivity index (χ0v) is 22.1. The summed E-state index contributed by atoms with van der Waals surface area (Å²) in [5, 5.41) is 8.32. The number of rotatable bonds is 11. The standard InChI is InChI=1S/C27H34N6O6/c1-32-16-28-14-22(32)26(37)30-19(6-3-4-8-24(35)39-2)25(36)31-20-7-5-11-33(27(20)38)15-23(34)29-21-13-17-9-10-18(21)12-17/h4-5,7-8,11,14,16-19,21H,3,6,9-10,12-13,15H2,1-2H3,(H,29,34)(H,30,37)(H,31,36)/b8-4+/t17-,18+,19+,21-/m1/s1. The maximum absolute atomic E-state index is 13.2. The molecule has 12 nitrogen and oxygen atoms in total. The van der Waals surface area contributed by atoms with E-state index in [1.165, 1.54) is 59.6 Å². The lowest BCUT2D eigenvalue weighted by Crippen LogP contribution is -2.45. The monoisotopic (exact) mass is 538 g/mol. The molecule has 2 saturated carbocycles. The molecule has 0 aliphatic heterocycles. The summed E-state index contributed by atoms with van der Waals surface area (Å²) >= 11 is 0. The van der Waals surface area contributed by atoms with E-state index in [-0.39, 0.29) is 42.7 Å². The van der Waals surface area contributed by atoms with Gasteiger partial charge < -0.3 is 29.8 Å². The lowest BCUT2D eigenvalue weighted by Gasteiger charge is -2.23. The van der Waals surface area contributed by atoms with E-state index in [0.29, 0.717) is 11.8 Å². The number of fused-ring (bicyclic) bond motifs is 2. The minimum absolute atomic E-state index is 0.0138. The number of aryl methyl sites for hydroxylation is 1. The zero-order chi connectivity index (χ0) is 27.9. The second-order valence-corrected chi connectivity index (χ2v) is 10.1. The second-order valence-electron chi connectivity index (χ2n) is 10.1. The highest BCUT2D eigenvalue weighted by molar-refractivity contribution is 6.00. The molecule has 2 bridgehead atoms. The highest BCUT2D eigenvalue weighted by Crippen LogP contribution is 2.44. The summed E-state index contributed by atoms with van der Waals surface area (Å²) in [7, 11) is 2.90. The van der Waals surface area contributed by atoms with E-state index >= 15 is 0 Å². The number of esters is 1. The normalized spacial score (nSPS) is 20.5. The molecule has 0 spiro atoms. The number of imidazole rings is 1. The maximum Gasteiger partial charge on any atom is 0.330 e. The molecule has 0 radical (unpaired) electrons. The van der Waals surface area contributed by atoms with Gasteiger partial charge in [-0.05, 0) is 56.1 Å². The van der Waals surface area contributed by atoms with Gasteiger partial charge in [0.1, 0.15) is 24.0 Å². The maximum atomic E-state index is 13.2. The molecule has 0 aromatic carbocycles. The van der Waals surface area contributed by atoms with E-state index in [2.05, 4.69) is 25.7 Å². The molecule has 12 heteroatoms. The van der Waals surface area contributed by atoms with Gasteiger partial charge in [0.2, 0.25) is 11.8 Å². The summed E-state index contributed by atoms with van der Waals surface area (Å²) in [5.41, 5.74) is -0.294. The Kier molecular flexibility index (Phi) is 8.95. The number of ether oxygens (including phenoxy) is 1. The van der Waals surface area contributed by atoms with Crippen molar-refractivity contribution in [1.82, 2.24) is 24.8 Å². The van der Waals surface area contributed by atoms with Crippen LogP contribution in [0.15, 0.2) is 47.8 Å². The summed E-state index contributed by atoms with van der Waals surface area (Å²) in [6, 6.07) is 2.15.